The number of aliphatic hydroxyl groups is 1. The van der Waals surface area contributed by atoms with Gasteiger partial charge in [0.05, 0.1) is 6.10 Å². The van der Waals surface area contributed by atoms with E-state index >= 15 is 0 Å². The molecule has 0 radical (unpaired) electrons. The first-order chi connectivity index (χ1) is 4.22. The first kappa shape index (κ1) is 8.92. The third kappa shape index (κ3) is 3.49. The predicted molar refractivity (Wildman–Crippen MR) is 39.1 cm³/mol. The Morgan fingerprint density at radius 1 is 1.56 bits per heavy atom. The van der Waals surface area contributed by atoms with Crippen LogP contribution >= 0.6 is 0 Å². The molecule has 2 atom stereocenters. The average molecular weight is 131 g/mol. The van der Waals surface area contributed by atoms with E-state index in [2.05, 4.69) is 0 Å². The minimum absolute atomic E-state index is 0.159. The highest BCUT2D eigenvalue weighted by atomic mass is 16.3. The fourth-order valence-corrected chi connectivity index (χ4v) is 0.858. The molecule has 0 amide bonds. The van der Waals surface area contributed by atoms with Gasteiger partial charge >= 0.3 is 0 Å². The Morgan fingerprint density at radius 3 is 2.44 bits per heavy atom. The number of nitrogens with two attached hydrogens (primary N) is 1. The second-order valence-electron chi connectivity index (χ2n) is 2.53. The molecule has 0 bridgehead atoms. The Balaban J connectivity index is 3.32. The number of rotatable bonds is 4. The number of hydrogen-bond donors (Lipinski definition) is 2. The summed E-state index contributed by atoms with van der Waals surface area (Å²) in [6.45, 7) is 4.69. The summed E-state index contributed by atoms with van der Waals surface area (Å²) >= 11 is 0. The molecule has 56 valence electrons. The van der Waals surface area contributed by atoms with Crippen molar-refractivity contribution in [2.45, 2.75) is 32.8 Å². The van der Waals surface area contributed by atoms with Gasteiger partial charge in [-0.15, -0.1) is 0 Å². The van der Waals surface area contributed by atoms with Gasteiger partial charge in [0.1, 0.15) is 0 Å². The highest BCUT2D eigenvalue weighted by molar-refractivity contribution is 4.62. The normalized spacial score (nSPS) is 17.3. The van der Waals surface area contributed by atoms with Gasteiger partial charge in [-0.05, 0) is 25.3 Å². The van der Waals surface area contributed by atoms with Gasteiger partial charge in [0.25, 0.3) is 0 Å². The Bertz CT molecular complexity index is 65.9. The van der Waals surface area contributed by atoms with E-state index in [1.807, 2.05) is 13.8 Å². The van der Waals surface area contributed by atoms with Gasteiger partial charge in [-0.25, -0.2) is 0 Å². The van der Waals surface area contributed by atoms with Gasteiger partial charge in [-0.3, -0.25) is 0 Å². The molecule has 0 aromatic carbocycles. The van der Waals surface area contributed by atoms with E-state index in [1.165, 1.54) is 0 Å². The van der Waals surface area contributed by atoms with Gasteiger partial charge in [0.15, 0.2) is 0 Å². The van der Waals surface area contributed by atoms with Crippen LogP contribution < -0.4 is 5.73 Å². The van der Waals surface area contributed by atoms with Crippen LogP contribution in [0.1, 0.15) is 26.7 Å². The lowest BCUT2D eigenvalue weighted by Crippen LogP contribution is -2.19. The summed E-state index contributed by atoms with van der Waals surface area (Å²) < 4.78 is 0. The molecular weight excluding hydrogens is 114 g/mol. The van der Waals surface area contributed by atoms with Crippen molar-refractivity contribution in [3.05, 3.63) is 0 Å². The van der Waals surface area contributed by atoms with Crippen LogP contribution in [0.15, 0.2) is 0 Å². The summed E-state index contributed by atoms with van der Waals surface area (Å²) in [5.41, 5.74) is 5.31. The van der Waals surface area contributed by atoms with Crippen molar-refractivity contribution < 1.29 is 5.11 Å². The summed E-state index contributed by atoms with van der Waals surface area (Å²) in [4.78, 5) is 0. The first-order valence-corrected chi connectivity index (χ1v) is 3.60. The zero-order valence-electron chi connectivity index (χ0n) is 6.30. The van der Waals surface area contributed by atoms with Crippen LogP contribution in [0.2, 0.25) is 0 Å². The molecular formula is C7H17NO. The van der Waals surface area contributed by atoms with Crippen molar-refractivity contribution in [3.63, 3.8) is 0 Å². The quantitative estimate of drug-likeness (QED) is 0.591. The molecule has 2 nitrogen and oxygen atoms in total. The number of aliphatic hydroxyl groups excluding tert-OH is 1. The van der Waals surface area contributed by atoms with Crippen molar-refractivity contribution in [1.82, 2.24) is 0 Å². The van der Waals surface area contributed by atoms with Crippen molar-refractivity contribution in [3.8, 4) is 0 Å². The SMILES string of the molecule is CCC(O)C(C)CCN. The van der Waals surface area contributed by atoms with E-state index in [0.717, 1.165) is 12.8 Å². The van der Waals surface area contributed by atoms with Crippen LogP contribution in [0.5, 0.6) is 0 Å². The lowest BCUT2D eigenvalue weighted by atomic mass is 9.99. The minimum Gasteiger partial charge on any atom is -0.393 e. The molecule has 0 aromatic heterocycles. The van der Waals surface area contributed by atoms with E-state index < -0.39 is 0 Å². The first-order valence-electron chi connectivity index (χ1n) is 3.60. The molecule has 0 aromatic rings. The Morgan fingerprint density at radius 2 is 2.11 bits per heavy atom. The third-order valence-corrected chi connectivity index (χ3v) is 1.70. The van der Waals surface area contributed by atoms with Crippen LogP contribution in [0.3, 0.4) is 0 Å². The smallest absolute Gasteiger partial charge is 0.0563 e. The molecule has 0 aliphatic carbocycles. The molecule has 0 saturated carbocycles. The summed E-state index contributed by atoms with van der Waals surface area (Å²) in [7, 11) is 0. The molecule has 2 unspecified atom stereocenters. The van der Waals surface area contributed by atoms with Crippen molar-refractivity contribution >= 4 is 0 Å². The highest BCUT2D eigenvalue weighted by Gasteiger charge is 2.09. The maximum Gasteiger partial charge on any atom is 0.0563 e. The zero-order chi connectivity index (χ0) is 7.28. The van der Waals surface area contributed by atoms with Gasteiger partial charge in [-0.2, -0.15) is 0 Å². The van der Waals surface area contributed by atoms with E-state index in [9.17, 15) is 5.11 Å². The summed E-state index contributed by atoms with van der Waals surface area (Å²) in [6.07, 6.45) is 1.60. The fraction of sp³-hybridized carbons (Fsp3) is 1.00. The summed E-state index contributed by atoms with van der Waals surface area (Å²) in [5, 5.41) is 9.20. The molecule has 0 fully saturated rings. The summed E-state index contributed by atoms with van der Waals surface area (Å²) in [6, 6.07) is 0. The van der Waals surface area contributed by atoms with Gasteiger partial charge in [-0.1, -0.05) is 13.8 Å². The Hall–Kier alpha value is -0.0800. The third-order valence-electron chi connectivity index (χ3n) is 1.70. The lowest BCUT2D eigenvalue weighted by Gasteiger charge is -2.15. The van der Waals surface area contributed by atoms with E-state index in [-0.39, 0.29) is 6.10 Å². The molecule has 0 saturated heterocycles. The standard InChI is InChI=1S/C7H17NO/c1-3-7(9)6(2)4-5-8/h6-7,9H,3-5,8H2,1-2H3. The zero-order valence-corrected chi connectivity index (χ0v) is 6.30. The Kier molecular flexibility index (Phi) is 4.72. The molecule has 0 heterocycles. The fourth-order valence-electron chi connectivity index (χ4n) is 0.858. The average Bonchev–Trinajstić information content (AvgIpc) is 1.87. The van der Waals surface area contributed by atoms with Crippen LogP contribution in [0.25, 0.3) is 0 Å². The van der Waals surface area contributed by atoms with Crippen LogP contribution in [-0.2, 0) is 0 Å². The largest absolute Gasteiger partial charge is 0.393 e. The second-order valence-corrected chi connectivity index (χ2v) is 2.53. The second kappa shape index (κ2) is 4.77. The van der Waals surface area contributed by atoms with E-state index in [0.29, 0.717) is 12.5 Å². The van der Waals surface area contributed by atoms with Crippen LogP contribution in [0, 0.1) is 5.92 Å². The maximum atomic E-state index is 9.20. The van der Waals surface area contributed by atoms with Crippen molar-refractivity contribution in [1.29, 1.82) is 0 Å². The molecule has 0 aliphatic heterocycles. The monoisotopic (exact) mass is 131 g/mol. The van der Waals surface area contributed by atoms with Gasteiger partial charge < -0.3 is 10.8 Å². The van der Waals surface area contributed by atoms with Gasteiger partial charge in [0, 0.05) is 0 Å². The predicted octanol–water partition coefficient (Wildman–Crippen LogP) is 0.742. The van der Waals surface area contributed by atoms with E-state index in [1.54, 1.807) is 0 Å². The molecule has 0 spiro atoms. The molecule has 9 heavy (non-hydrogen) atoms. The molecule has 0 rings (SSSR count). The van der Waals surface area contributed by atoms with E-state index in [4.69, 9.17) is 5.73 Å². The van der Waals surface area contributed by atoms with Crippen LogP contribution in [0.4, 0.5) is 0 Å². The molecule has 2 heteroatoms. The number of hydrogen-bond acceptors (Lipinski definition) is 2. The minimum atomic E-state index is -0.159. The van der Waals surface area contributed by atoms with Crippen molar-refractivity contribution in [2.75, 3.05) is 6.54 Å². The summed E-state index contributed by atoms with van der Waals surface area (Å²) in [5.74, 6) is 0.361. The maximum absolute atomic E-state index is 9.20. The highest BCUT2D eigenvalue weighted by Crippen LogP contribution is 2.08. The lowest BCUT2D eigenvalue weighted by molar-refractivity contribution is 0.109. The Labute approximate surface area is 57.1 Å². The topological polar surface area (TPSA) is 46.2 Å². The van der Waals surface area contributed by atoms with Crippen LogP contribution in [-0.4, -0.2) is 17.8 Å². The van der Waals surface area contributed by atoms with Crippen molar-refractivity contribution in [2.24, 2.45) is 11.7 Å². The molecule has 3 N–H and O–H groups in total. The van der Waals surface area contributed by atoms with Gasteiger partial charge in [0.2, 0.25) is 0 Å². The molecule has 0 aliphatic rings.